The zero-order valence-electron chi connectivity index (χ0n) is 15.5. The third-order valence-corrected chi connectivity index (χ3v) is 5.56. The fraction of sp³-hybridized carbons (Fsp3) is 0.200. The van der Waals surface area contributed by atoms with Crippen LogP contribution < -0.4 is 14.3 Å². The van der Waals surface area contributed by atoms with Gasteiger partial charge in [0.05, 0.1) is 30.1 Å². The van der Waals surface area contributed by atoms with Crippen LogP contribution in [0.15, 0.2) is 51.9 Å². The molecule has 0 aliphatic carbocycles. The molecular formula is C20H17Cl2N3O3S. The third-order valence-electron chi connectivity index (χ3n) is 4.15. The fourth-order valence-corrected chi connectivity index (χ4v) is 4.11. The molecule has 0 saturated heterocycles. The van der Waals surface area contributed by atoms with Gasteiger partial charge in [-0.25, -0.2) is 4.68 Å². The Kier molecular flexibility index (Phi) is 6.20. The molecule has 29 heavy (non-hydrogen) atoms. The number of nitrogens with zero attached hydrogens (tertiary/aromatic N) is 3. The normalized spacial score (nSPS) is 13.6. The lowest BCUT2D eigenvalue weighted by Crippen LogP contribution is -2.13. The summed E-state index contributed by atoms with van der Waals surface area (Å²) < 4.78 is 17.7. The van der Waals surface area contributed by atoms with E-state index >= 15 is 0 Å². The summed E-state index contributed by atoms with van der Waals surface area (Å²) >= 11 is 14.0. The van der Waals surface area contributed by atoms with E-state index in [1.54, 1.807) is 30.1 Å². The highest BCUT2D eigenvalue weighted by Crippen LogP contribution is 2.32. The molecule has 0 amide bonds. The molecule has 0 spiro atoms. The van der Waals surface area contributed by atoms with E-state index in [-0.39, 0.29) is 6.79 Å². The van der Waals surface area contributed by atoms with Crippen LogP contribution in [0.25, 0.3) is 11.3 Å². The molecule has 3 aromatic rings. The van der Waals surface area contributed by atoms with Crippen molar-refractivity contribution in [3.8, 4) is 22.8 Å². The van der Waals surface area contributed by atoms with Gasteiger partial charge in [-0.05, 0) is 42.0 Å². The molecule has 0 saturated carbocycles. The number of halogens is 2. The Hall–Kier alpha value is -2.32. The molecule has 0 radical (unpaired) electrons. The summed E-state index contributed by atoms with van der Waals surface area (Å²) in [4.78, 5) is 5.32. The second-order valence-electron chi connectivity index (χ2n) is 6.07. The summed E-state index contributed by atoms with van der Waals surface area (Å²) in [5.41, 5.74) is 2.53. The maximum atomic E-state index is 6.43. The first kappa shape index (κ1) is 20.0. The number of ether oxygens (including phenoxy) is 3. The van der Waals surface area contributed by atoms with Crippen LogP contribution in [0, 0.1) is 0 Å². The van der Waals surface area contributed by atoms with Gasteiger partial charge in [0.1, 0.15) is 0 Å². The van der Waals surface area contributed by atoms with Gasteiger partial charge in [0.2, 0.25) is 11.6 Å². The Balaban J connectivity index is 1.75. The van der Waals surface area contributed by atoms with Crippen molar-refractivity contribution in [1.82, 2.24) is 4.68 Å². The van der Waals surface area contributed by atoms with Gasteiger partial charge in [0.15, 0.2) is 11.5 Å². The van der Waals surface area contributed by atoms with E-state index in [9.17, 15) is 0 Å². The number of hydrogen-bond acceptors (Lipinski definition) is 6. The summed E-state index contributed by atoms with van der Waals surface area (Å²) in [5, 5.41) is 7.76. The van der Waals surface area contributed by atoms with Crippen LogP contribution in [0.2, 0.25) is 10.0 Å². The van der Waals surface area contributed by atoms with Crippen molar-refractivity contribution in [2.45, 2.75) is 0 Å². The number of benzene rings is 2. The first-order valence-corrected chi connectivity index (χ1v) is 10.4. The number of rotatable bonds is 6. The van der Waals surface area contributed by atoms with Gasteiger partial charge in [-0.3, -0.25) is 4.99 Å². The zero-order chi connectivity index (χ0) is 20.2. The topological polar surface area (TPSA) is 57.3 Å². The SMILES string of the molecule is COCCN=c1scc(-c2ccc(Cl)cc2Cl)n1N=Cc1ccc2c(c1)OCO2. The van der Waals surface area contributed by atoms with Gasteiger partial charge in [-0.1, -0.05) is 23.2 Å². The minimum Gasteiger partial charge on any atom is -0.454 e. The van der Waals surface area contributed by atoms with E-state index in [0.717, 1.165) is 27.4 Å². The second-order valence-corrected chi connectivity index (χ2v) is 7.75. The number of fused-ring (bicyclic) bond motifs is 1. The van der Waals surface area contributed by atoms with E-state index in [1.165, 1.54) is 11.3 Å². The lowest BCUT2D eigenvalue weighted by Gasteiger charge is -2.06. The molecule has 0 unspecified atom stereocenters. The molecule has 150 valence electrons. The minimum atomic E-state index is 0.233. The molecule has 0 fully saturated rings. The number of thiazole rings is 1. The molecular weight excluding hydrogens is 433 g/mol. The maximum absolute atomic E-state index is 6.43. The van der Waals surface area contributed by atoms with Gasteiger partial charge in [-0.2, -0.15) is 5.10 Å². The molecule has 0 atom stereocenters. The second kappa shape index (κ2) is 9.00. The highest BCUT2D eigenvalue weighted by atomic mass is 35.5. The highest BCUT2D eigenvalue weighted by Gasteiger charge is 2.14. The largest absolute Gasteiger partial charge is 0.454 e. The predicted molar refractivity (Wildman–Crippen MR) is 116 cm³/mol. The molecule has 2 heterocycles. The van der Waals surface area contributed by atoms with Crippen molar-refractivity contribution in [3.05, 3.63) is 62.2 Å². The van der Waals surface area contributed by atoms with Crippen LogP contribution in [0.5, 0.6) is 11.5 Å². The van der Waals surface area contributed by atoms with Gasteiger partial charge < -0.3 is 14.2 Å². The molecule has 1 aromatic heterocycles. The molecule has 2 aromatic carbocycles. The first-order chi connectivity index (χ1) is 14.2. The standard InChI is InChI=1S/C20H17Cl2N3O3S/c1-26-7-6-23-20-25(17(11-29-20)15-4-3-14(21)9-16(15)22)24-10-13-2-5-18-19(8-13)28-12-27-18/h2-5,8-11H,6-7,12H2,1H3. The number of aromatic nitrogens is 1. The monoisotopic (exact) mass is 449 g/mol. The van der Waals surface area contributed by atoms with Crippen molar-refractivity contribution >= 4 is 40.8 Å². The van der Waals surface area contributed by atoms with E-state index in [1.807, 2.05) is 29.6 Å². The average Bonchev–Trinajstić information content (AvgIpc) is 3.33. The molecule has 0 bridgehead atoms. The summed E-state index contributed by atoms with van der Waals surface area (Å²) in [6.45, 7) is 1.29. The Bertz CT molecular complexity index is 1120. The van der Waals surface area contributed by atoms with Gasteiger partial charge >= 0.3 is 0 Å². The lowest BCUT2D eigenvalue weighted by molar-refractivity contribution is 0.174. The molecule has 9 heteroatoms. The fourth-order valence-electron chi connectivity index (χ4n) is 2.75. The number of hydrogen-bond donors (Lipinski definition) is 0. The van der Waals surface area contributed by atoms with Crippen molar-refractivity contribution in [1.29, 1.82) is 0 Å². The molecule has 1 aliphatic heterocycles. The molecule has 0 N–H and O–H groups in total. The summed E-state index contributed by atoms with van der Waals surface area (Å²) in [6, 6.07) is 11.1. The lowest BCUT2D eigenvalue weighted by atomic mass is 10.2. The quantitative estimate of drug-likeness (QED) is 0.405. The third kappa shape index (κ3) is 4.48. The van der Waals surface area contributed by atoms with Crippen LogP contribution in [-0.4, -0.2) is 37.9 Å². The highest BCUT2D eigenvalue weighted by molar-refractivity contribution is 7.07. The molecule has 1 aliphatic rings. The summed E-state index contributed by atoms with van der Waals surface area (Å²) in [5.74, 6) is 1.43. The zero-order valence-corrected chi connectivity index (χ0v) is 17.8. The van der Waals surface area contributed by atoms with E-state index < -0.39 is 0 Å². The van der Waals surface area contributed by atoms with E-state index in [4.69, 9.17) is 37.4 Å². The van der Waals surface area contributed by atoms with Crippen molar-refractivity contribution in [2.75, 3.05) is 27.1 Å². The van der Waals surface area contributed by atoms with Gasteiger partial charge in [-0.15, -0.1) is 11.3 Å². The summed E-state index contributed by atoms with van der Waals surface area (Å²) in [7, 11) is 1.65. The van der Waals surface area contributed by atoms with Crippen LogP contribution in [-0.2, 0) is 4.74 Å². The molecule has 6 nitrogen and oxygen atoms in total. The Morgan fingerprint density at radius 2 is 2.03 bits per heavy atom. The van der Waals surface area contributed by atoms with Crippen LogP contribution >= 0.6 is 34.5 Å². The Labute approximate surface area is 181 Å². The van der Waals surface area contributed by atoms with Crippen LogP contribution in [0.4, 0.5) is 0 Å². The Morgan fingerprint density at radius 3 is 2.86 bits per heavy atom. The van der Waals surface area contributed by atoms with E-state index in [2.05, 4.69) is 10.1 Å². The predicted octanol–water partition coefficient (Wildman–Crippen LogP) is 4.68. The van der Waals surface area contributed by atoms with Crippen LogP contribution in [0.3, 0.4) is 0 Å². The summed E-state index contributed by atoms with van der Waals surface area (Å²) in [6.07, 6.45) is 1.75. The maximum Gasteiger partial charge on any atom is 0.231 e. The average molecular weight is 450 g/mol. The number of methoxy groups -OCH3 is 1. The van der Waals surface area contributed by atoms with Crippen LogP contribution in [0.1, 0.15) is 5.56 Å². The van der Waals surface area contributed by atoms with Crippen molar-refractivity contribution in [2.24, 2.45) is 10.1 Å². The minimum absolute atomic E-state index is 0.233. The van der Waals surface area contributed by atoms with E-state index in [0.29, 0.717) is 28.9 Å². The van der Waals surface area contributed by atoms with Crippen molar-refractivity contribution in [3.63, 3.8) is 0 Å². The van der Waals surface area contributed by atoms with Gasteiger partial charge in [0, 0.05) is 23.1 Å². The smallest absolute Gasteiger partial charge is 0.231 e. The Morgan fingerprint density at radius 1 is 1.17 bits per heavy atom. The first-order valence-electron chi connectivity index (χ1n) is 8.75. The van der Waals surface area contributed by atoms with Gasteiger partial charge in [0.25, 0.3) is 0 Å². The molecule has 4 rings (SSSR count). The van der Waals surface area contributed by atoms with Crippen molar-refractivity contribution < 1.29 is 14.2 Å².